The molecule has 1 saturated heterocycles. The van der Waals surface area contributed by atoms with Gasteiger partial charge in [0.15, 0.2) is 0 Å². The first kappa shape index (κ1) is 20.3. The number of hydrogen-bond donors (Lipinski definition) is 1. The summed E-state index contributed by atoms with van der Waals surface area (Å²) in [4.78, 5) is 1.94. The molecule has 0 bridgehead atoms. The molecule has 23 heavy (non-hydrogen) atoms. The van der Waals surface area contributed by atoms with Gasteiger partial charge in [-0.05, 0) is 56.9 Å². The molecule has 8 heteroatoms. The maximum atomic E-state index is 13.1. The van der Waals surface area contributed by atoms with E-state index in [0.717, 1.165) is 37.7 Å². The number of piperidine rings is 1. The van der Waals surface area contributed by atoms with E-state index in [0.29, 0.717) is 12.5 Å². The third-order valence-corrected chi connectivity index (χ3v) is 5.41. The monoisotopic (exact) mass is 368 g/mol. The van der Waals surface area contributed by atoms with Crippen LogP contribution in [0.5, 0.6) is 0 Å². The molecular weight excluding hydrogens is 346 g/mol. The summed E-state index contributed by atoms with van der Waals surface area (Å²) in [5, 5.41) is 0. The Kier molecular flexibility index (Phi) is 7.86. The van der Waals surface area contributed by atoms with Gasteiger partial charge in [-0.15, -0.1) is 12.4 Å². The van der Waals surface area contributed by atoms with Crippen LogP contribution < -0.4 is 4.72 Å². The Balaban J connectivity index is 0.00000264. The van der Waals surface area contributed by atoms with Crippen LogP contribution in [0, 0.1) is 17.6 Å². The second kappa shape index (κ2) is 8.92. The van der Waals surface area contributed by atoms with Gasteiger partial charge >= 0.3 is 0 Å². The van der Waals surface area contributed by atoms with E-state index in [9.17, 15) is 17.2 Å². The van der Waals surface area contributed by atoms with Crippen LogP contribution in [0.1, 0.15) is 26.2 Å². The van der Waals surface area contributed by atoms with Crippen LogP contribution in [-0.4, -0.2) is 39.5 Å². The summed E-state index contributed by atoms with van der Waals surface area (Å²) in [7, 11) is -3.87. The minimum absolute atomic E-state index is 0. The number of rotatable bonds is 6. The summed E-state index contributed by atoms with van der Waals surface area (Å²) in [5.74, 6) is -1.04. The molecule has 0 radical (unpaired) electrons. The number of sulfonamides is 1. The van der Waals surface area contributed by atoms with Crippen LogP contribution in [0.4, 0.5) is 8.78 Å². The highest BCUT2D eigenvalue weighted by molar-refractivity contribution is 7.89. The number of benzene rings is 1. The molecule has 0 saturated carbocycles. The van der Waals surface area contributed by atoms with Gasteiger partial charge in [0.2, 0.25) is 10.0 Å². The number of hydrogen-bond acceptors (Lipinski definition) is 3. The van der Waals surface area contributed by atoms with Crippen LogP contribution in [-0.2, 0) is 10.0 Å². The summed E-state index contributed by atoms with van der Waals surface area (Å²) >= 11 is 0. The van der Waals surface area contributed by atoms with Crippen molar-refractivity contribution in [2.45, 2.75) is 31.1 Å². The molecule has 0 spiro atoms. The lowest BCUT2D eigenvalue weighted by atomic mass is 9.99. The Morgan fingerprint density at radius 2 is 1.74 bits per heavy atom. The molecule has 1 aromatic carbocycles. The van der Waals surface area contributed by atoms with E-state index < -0.39 is 21.7 Å². The van der Waals surface area contributed by atoms with Crippen molar-refractivity contribution >= 4 is 22.4 Å². The number of nitrogens with zero attached hydrogens (tertiary/aromatic N) is 1. The van der Waals surface area contributed by atoms with Crippen molar-refractivity contribution in [3.8, 4) is 0 Å². The van der Waals surface area contributed by atoms with Crippen LogP contribution in [0.15, 0.2) is 23.1 Å². The van der Waals surface area contributed by atoms with Gasteiger partial charge in [0.1, 0.15) is 11.6 Å². The summed E-state index contributed by atoms with van der Waals surface area (Å²) in [6.07, 6.45) is 3.02. The predicted molar refractivity (Wildman–Crippen MR) is 88.2 cm³/mol. The molecule has 1 fully saturated rings. The van der Waals surface area contributed by atoms with Crippen molar-refractivity contribution in [3.63, 3.8) is 0 Å². The Morgan fingerprint density at radius 3 is 2.30 bits per heavy atom. The van der Waals surface area contributed by atoms with Gasteiger partial charge in [0.05, 0.1) is 4.90 Å². The molecule has 0 aromatic heterocycles. The Labute approximate surface area is 142 Å². The van der Waals surface area contributed by atoms with Crippen LogP contribution in [0.25, 0.3) is 0 Å². The second-order valence-electron chi connectivity index (χ2n) is 5.88. The van der Waals surface area contributed by atoms with Gasteiger partial charge in [0.25, 0.3) is 0 Å². The normalized spacial score (nSPS) is 17.0. The zero-order valence-electron chi connectivity index (χ0n) is 13.1. The minimum Gasteiger partial charge on any atom is -0.303 e. The zero-order chi connectivity index (χ0) is 16.2. The lowest BCUT2D eigenvalue weighted by Gasteiger charge is -2.30. The van der Waals surface area contributed by atoms with Gasteiger partial charge in [0, 0.05) is 12.6 Å². The largest absolute Gasteiger partial charge is 0.303 e. The third kappa shape index (κ3) is 6.33. The molecule has 2 rings (SSSR count). The molecule has 1 aromatic rings. The van der Waals surface area contributed by atoms with E-state index in [-0.39, 0.29) is 23.8 Å². The predicted octanol–water partition coefficient (Wildman–Crippen LogP) is 2.79. The summed E-state index contributed by atoms with van der Waals surface area (Å²) in [6.45, 7) is 5.41. The average Bonchev–Trinajstić information content (AvgIpc) is 2.44. The number of likely N-dealkylation sites (tertiary alicyclic amines) is 1. The van der Waals surface area contributed by atoms with Gasteiger partial charge in [-0.2, -0.15) is 0 Å². The zero-order valence-corrected chi connectivity index (χ0v) is 14.7. The standard InChI is InChI=1S/C15H22F2N2O2S.ClH/c1-12-3-7-19(8-4-12)6-2-5-18-22(20,21)15-10-13(16)9-14(17)11-15;/h9-12,18H,2-8H2,1H3;1H. The molecule has 1 N–H and O–H groups in total. The third-order valence-electron chi connectivity index (χ3n) is 3.97. The smallest absolute Gasteiger partial charge is 0.240 e. The van der Waals surface area contributed by atoms with Gasteiger partial charge in [-0.25, -0.2) is 21.9 Å². The topological polar surface area (TPSA) is 49.4 Å². The number of halogens is 3. The first-order valence-electron chi connectivity index (χ1n) is 7.55. The van der Waals surface area contributed by atoms with E-state index in [2.05, 4.69) is 16.5 Å². The molecular formula is C15H23ClF2N2O2S. The van der Waals surface area contributed by atoms with Crippen molar-refractivity contribution in [1.82, 2.24) is 9.62 Å². The molecule has 4 nitrogen and oxygen atoms in total. The van der Waals surface area contributed by atoms with Crippen molar-refractivity contribution < 1.29 is 17.2 Å². The lowest BCUT2D eigenvalue weighted by molar-refractivity contribution is 0.191. The lowest BCUT2D eigenvalue weighted by Crippen LogP contribution is -2.35. The summed E-state index contributed by atoms with van der Waals surface area (Å²) in [5.41, 5.74) is 0. The summed E-state index contributed by atoms with van der Waals surface area (Å²) < 4.78 is 52.5. The molecule has 0 atom stereocenters. The fourth-order valence-corrected chi connectivity index (χ4v) is 3.68. The van der Waals surface area contributed by atoms with E-state index in [1.54, 1.807) is 0 Å². The highest BCUT2D eigenvalue weighted by atomic mass is 35.5. The molecule has 1 aliphatic heterocycles. The van der Waals surface area contributed by atoms with Crippen molar-refractivity contribution in [1.29, 1.82) is 0 Å². The maximum Gasteiger partial charge on any atom is 0.240 e. The molecule has 1 heterocycles. The summed E-state index contributed by atoms with van der Waals surface area (Å²) in [6, 6.07) is 2.28. The Morgan fingerprint density at radius 1 is 1.17 bits per heavy atom. The molecule has 132 valence electrons. The minimum atomic E-state index is -3.87. The van der Waals surface area contributed by atoms with Gasteiger partial charge in [-0.1, -0.05) is 6.92 Å². The van der Waals surface area contributed by atoms with Gasteiger partial charge < -0.3 is 4.90 Å². The Hall–Kier alpha value is -0.760. The molecule has 1 aliphatic rings. The first-order valence-corrected chi connectivity index (χ1v) is 9.03. The first-order chi connectivity index (χ1) is 10.4. The van der Waals surface area contributed by atoms with Crippen LogP contribution >= 0.6 is 12.4 Å². The molecule has 0 amide bonds. The van der Waals surface area contributed by atoms with Crippen molar-refractivity contribution in [2.75, 3.05) is 26.2 Å². The molecule has 0 unspecified atom stereocenters. The van der Waals surface area contributed by atoms with Crippen LogP contribution in [0.3, 0.4) is 0 Å². The van der Waals surface area contributed by atoms with Crippen molar-refractivity contribution in [3.05, 3.63) is 29.8 Å². The molecule has 0 aliphatic carbocycles. The van der Waals surface area contributed by atoms with E-state index in [4.69, 9.17) is 0 Å². The SMILES string of the molecule is CC1CCN(CCCNS(=O)(=O)c2cc(F)cc(F)c2)CC1.Cl. The highest BCUT2D eigenvalue weighted by Crippen LogP contribution is 2.16. The second-order valence-corrected chi connectivity index (χ2v) is 7.65. The van der Waals surface area contributed by atoms with Crippen molar-refractivity contribution in [2.24, 2.45) is 5.92 Å². The quantitative estimate of drug-likeness (QED) is 0.785. The maximum absolute atomic E-state index is 13.1. The average molecular weight is 369 g/mol. The highest BCUT2D eigenvalue weighted by Gasteiger charge is 2.17. The Bertz CT molecular complexity index is 585. The fraction of sp³-hybridized carbons (Fsp3) is 0.600. The van der Waals surface area contributed by atoms with Crippen LogP contribution in [0.2, 0.25) is 0 Å². The fourth-order valence-electron chi connectivity index (χ4n) is 2.56. The van der Waals surface area contributed by atoms with E-state index in [1.165, 1.54) is 12.8 Å². The van der Waals surface area contributed by atoms with E-state index in [1.807, 2.05) is 0 Å². The van der Waals surface area contributed by atoms with Gasteiger partial charge in [-0.3, -0.25) is 0 Å². The van der Waals surface area contributed by atoms with E-state index >= 15 is 0 Å². The number of nitrogens with one attached hydrogen (secondary N) is 1.